The average molecular weight is 304 g/mol. The minimum Gasteiger partial charge on any atom is -0.339 e. The number of hydrogen-bond donors (Lipinski definition) is 1. The zero-order valence-corrected chi connectivity index (χ0v) is 13.8. The van der Waals surface area contributed by atoms with Crippen LogP contribution in [0.15, 0.2) is 18.3 Å². The standard InChI is InChI=1S/C17H28N4O/c1-3-20(4-2)13-14-6-9-21(10-7-14)17(22)15-5-8-19-16(11-15)12-18/h5,8,11,14H,3-4,6-7,9-10,12-13,18H2,1-2H3. The minimum atomic E-state index is 0.110. The molecule has 1 saturated heterocycles. The summed E-state index contributed by atoms with van der Waals surface area (Å²) in [6.07, 6.45) is 3.86. The Morgan fingerprint density at radius 1 is 1.36 bits per heavy atom. The number of rotatable bonds is 6. The summed E-state index contributed by atoms with van der Waals surface area (Å²) in [6, 6.07) is 3.59. The second-order valence-electron chi connectivity index (χ2n) is 5.96. The number of likely N-dealkylation sites (tertiary alicyclic amines) is 1. The Balaban J connectivity index is 1.89. The van der Waals surface area contributed by atoms with Gasteiger partial charge in [0, 0.05) is 37.9 Å². The molecular weight excluding hydrogens is 276 g/mol. The first kappa shape index (κ1) is 16.9. The van der Waals surface area contributed by atoms with E-state index in [0.29, 0.717) is 18.0 Å². The molecular formula is C17H28N4O. The summed E-state index contributed by atoms with van der Waals surface area (Å²) in [6.45, 7) is 9.86. The van der Waals surface area contributed by atoms with Crippen molar-refractivity contribution in [2.45, 2.75) is 33.2 Å². The fraction of sp³-hybridized carbons (Fsp3) is 0.647. The van der Waals surface area contributed by atoms with E-state index in [1.807, 2.05) is 11.0 Å². The van der Waals surface area contributed by atoms with E-state index < -0.39 is 0 Å². The highest BCUT2D eigenvalue weighted by Crippen LogP contribution is 2.20. The van der Waals surface area contributed by atoms with Crippen molar-refractivity contribution < 1.29 is 4.79 Å². The molecule has 2 heterocycles. The SMILES string of the molecule is CCN(CC)CC1CCN(C(=O)c2ccnc(CN)c2)CC1. The van der Waals surface area contributed by atoms with Crippen LogP contribution in [0.3, 0.4) is 0 Å². The van der Waals surface area contributed by atoms with E-state index in [-0.39, 0.29) is 5.91 Å². The average Bonchev–Trinajstić information content (AvgIpc) is 2.59. The lowest BCUT2D eigenvalue weighted by Crippen LogP contribution is -2.41. The van der Waals surface area contributed by atoms with Gasteiger partial charge in [-0.2, -0.15) is 0 Å². The van der Waals surface area contributed by atoms with E-state index in [1.54, 1.807) is 12.3 Å². The van der Waals surface area contributed by atoms with Gasteiger partial charge in [-0.05, 0) is 44.0 Å². The van der Waals surface area contributed by atoms with Gasteiger partial charge >= 0.3 is 0 Å². The van der Waals surface area contributed by atoms with Crippen molar-refractivity contribution in [1.29, 1.82) is 0 Å². The number of nitrogens with two attached hydrogens (primary N) is 1. The van der Waals surface area contributed by atoms with Crippen molar-refractivity contribution >= 4 is 5.91 Å². The zero-order chi connectivity index (χ0) is 15.9. The lowest BCUT2D eigenvalue weighted by Gasteiger charge is -2.34. The summed E-state index contributed by atoms with van der Waals surface area (Å²) in [5, 5.41) is 0. The van der Waals surface area contributed by atoms with Crippen LogP contribution in [0.1, 0.15) is 42.7 Å². The Hall–Kier alpha value is -1.46. The molecule has 1 fully saturated rings. The van der Waals surface area contributed by atoms with Crippen molar-refractivity contribution in [1.82, 2.24) is 14.8 Å². The fourth-order valence-electron chi connectivity index (χ4n) is 3.07. The maximum atomic E-state index is 12.6. The van der Waals surface area contributed by atoms with Gasteiger partial charge in [0.05, 0.1) is 5.69 Å². The first-order valence-corrected chi connectivity index (χ1v) is 8.34. The second kappa shape index (κ2) is 8.25. The molecule has 0 atom stereocenters. The van der Waals surface area contributed by atoms with Crippen LogP contribution < -0.4 is 5.73 Å². The third-order valence-electron chi connectivity index (χ3n) is 4.59. The van der Waals surface area contributed by atoms with Crippen molar-refractivity contribution in [3.63, 3.8) is 0 Å². The molecule has 5 heteroatoms. The number of carbonyl (C=O) groups is 1. The fourth-order valence-corrected chi connectivity index (χ4v) is 3.07. The Morgan fingerprint density at radius 2 is 2.05 bits per heavy atom. The molecule has 0 saturated carbocycles. The van der Waals surface area contributed by atoms with Crippen LogP contribution in [0, 0.1) is 5.92 Å². The molecule has 22 heavy (non-hydrogen) atoms. The second-order valence-corrected chi connectivity index (χ2v) is 5.96. The summed E-state index contributed by atoms with van der Waals surface area (Å²) in [5.74, 6) is 0.819. The largest absolute Gasteiger partial charge is 0.339 e. The first-order valence-electron chi connectivity index (χ1n) is 8.34. The number of hydrogen-bond acceptors (Lipinski definition) is 4. The van der Waals surface area contributed by atoms with Crippen molar-refractivity contribution in [2.75, 3.05) is 32.7 Å². The van der Waals surface area contributed by atoms with Crippen LogP contribution >= 0.6 is 0 Å². The normalized spacial score (nSPS) is 16.3. The topological polar surface area (TPSA) is 62.5 Å². The predicted molar refractivity (Wildman–Crippen MR) is 88.5 cm³/mol. The summed E-state index contributed by atoms with van der Waals surface area (Å²) in [4.78, 5) is 21.1. The van der Waals surface area contributed by atoms with Gasteiger partial charge in [0.25, 0.3) is 5.91 Å². The maximum Gasteiger partial charge on any atom is 0.253 e. The van der Waals surface area contributed by atoms with Gasteiger partial charge in [-0.1, -0.05) is 13.8 Å². The third kappa shape index (κ3) is 4.27. The van der Waals surface area contributed by atoms with Gasteiger partial charge in [0.2, 0.25) is 0 Å². The molecule has 0 radical (unpaired) electrons. The van der Waals surface area contributed by atoms with E-state index in [0.717, 1.165) is 51.3 Å². The monoisotopic (exact) mass is 304 g/mol. The van der Waals surface area contributed by atoms with Crippen LogP contribution in [0.5, 0.6) is 0 Å². The van der Waals surface area contributed by atoms with Gasteiger partial charge in [0.15, 0.2) is 0 Å². The van der Waals surface area contributed by atoms with Crippen molar-refractivity contribution in [2.24, 2.45) is 11.7 Å². The molecule has 1 amide bonds. The number of pyridine rings is 1. The molecule has 0 bridgehead atoms. The van der Waals surface area contributed by atoms with Gasteiger partial charge in [-0.25, -0.2) is 0 Å². The van der Waals surface area contributed by atoms with Crippen LogP contribution in [-0.4, -0.2) is 53.4 Å². The van der Waals surface area contributed by atoms with Gasteiger partial charge in [0.1, 0.15) is 0 Å². The smallest absolute Gasteiger partial charge is 0.253 e. The number of nitrogens with zero attached hydrogens (tertiary/aromatic N) is 3. The lowest BCUT2D eigenvalue weighted by atomic mass is 9.95. The molecule has 1 aromatic rings. The molecule has 0 aromatic carbocycles. The van der Waals surface area contributed by atoms with Crippen molar-refractivity contribution in [3.8, 4) is 0 Å². The first-order chi connectivity index (χ1) is 10.7. The predicted octanol–water partition coefficient (Wildman–Crippen LogP) is 1.73. The van der Waals surface area contributed by atoms with Crippen LogP contribution in [0.25, 0.3) is 0 Å². The molecule has 5 nitrogen and oxygen atoms in total. The summed E-state index contributed by atoms with van der Waals surface area (Å²) in [7, 11) is 0. The van der Waals surface area contributed by atoms with E-state index in [4.69, 9.17) is 5.73 Å². The maximum absolute atomic E-state index is 12.6. The zero-order valence-electron chi connectivity index (χ0n) is 13.8. The molecule has 122 valence electrons. The van der Waals surface area contributed by atoms with Crippen LogP contribution in [0.2, 0.25) is 0 Å². The highest BCUT2D eigenvalue weighted by Gasteiger charge is 2.24. The molecule has 2 rings (SSSR count). The number of aromatic nitrogens is 1. The number of carbonyl (C=O) groups excluding carboxylic acids is 1. The third-order valence-corrected chi connectivity index (χ3v) is 4.59. The quantitative estimate of drug-likeness (QED) is 0.869. The Morgan fingerprint density at radius 3 is 2.64 bits per heavy atom. The summed E-state index contributed by atoms with van der Waals surface area (Å²) >= 11 is 0. The Labute approximate surface area is 133 Å². The highest BCUT2D eigenvalue weighted by molar-refractivity contribution is 5.94. The van der Waals surface area contributed by atoms with Gasteiger partial charge in [-0.15, -0.1) is 0 Å². The molecule has 0 aliphatic carbocycles. The van der Waals surface area contributed by atoms with E-state index in [2.05, 4.69) is 23.7 Å². The van der Waals surface area contributed by atoms with Gasteiger partial charge < -0.3 is 15.5 Å². The molecule has 0 unspecified atom stereocenters. The highest BCUT2D eigenvalue weighted by atomic mass is 16.2. The molecule has 1 aromatic heterocycles. The Bertz CT molecular complexity index is 479. The Kier molecular flexibility index (Phi) is 6.34. The van der Waals surface area contributed by atoms with E-state index in [1.165, 1.54) is 0 Å². The van der Waals surface area contributed by atoms with E-state index >= 15 is 0 Å². The van der Waals surface area contributed by atoms with Crippen LogP contribution in [-0.2, 0) is 6.54 Å². The number of amides is 1. The summed E-state index contributed by atoms with van der Waals surface area (Å²) < 4.78 is 0. The van der Waals surface area contributed by atoms with Gasteiger partial charge in [-0.3, -0.25) is 9.78 Å². The van der Waals surface area contributed by atoms with Crippen molar-refractivity contribution in [3.05, 3.63) is 29.6 Å². The lowest BCUT2D eigenvalue weighted by molar-refractivity contribution is 0.0669. The molecule has 1 aliphatic rings. The summed E-state index contributed by atoms with van der Waals surface area (Å²) in [5.41, 5.74) is 7.07. The minimum absolute atomic E-state index is 0.110. The molecule has 0 spiro atoms. The van der Waals surface area contributed by atoms with Crippen LogP contribution in [0.4, 0.5) is 0 Å². The molecule has 1 aliphatic heterocycles. The number of piperidine rings is 1. The van der Waals surface area contributed by atoms with E-state index in [9.17, 15) is 4.79 Å². The molecule has 2 N–H and O–H groups in total.